The van der Waals surface area contributed by atoms with Gasteiger partial charge >= 0.3 is 0 Å². The van der Waals surface area contributed by atoms with Crippen LogP contribution in [0, 0.1) is 0 Å². The molecule has 1 aromatic heterocycles. The van der Waals surface area contributed by atoms with E-state index in [-0.39, 0.29) is 17.7 Å². The van der Waals surface area contributed by atoms with Crippen molar-refractivity contribution < 1.29 is 14.3 Å². The standard InChI is InChI=1S/C16H17NO3S/c1-10(12-6-4-5-7-13(12)20-3)17-16(19)15-9-8-14(21-15)11(2)18/h4-10H,1-3H3,(H,17,19)/t10-/m1/s1. The lowest BCUT2D eigenvalue weighted by Crippen LogP contribution is -2.26. The Bertz CT molecular complexity index is 663. The van der Waals surface area contributed by atoms with Crippen molar-refractivity contribution in [2.45, 2.75) is 19.9 Å². The summed E-state index contributed by atoms with van der Waals surface area (Å²) in [5.41, 5.74) is 0.914. The van der Waals surface area contributed by atoms with Crippen LogP contribution in [-0.2, 0) is 0 Å². The molecule has 0 aliphatic rings. The first-order valence-corrected chi connectivity index (χ1v) is 7.39. The zero-order valence-electron chi connectivity index (χ0n) is 12.2. The first-order chi connectivity index (χ1) is 10.0. The zero-order chi connectivity index (χ0) is 15.4. The van der Waals surface area contributed by atoms with E-state index in [1.54, 1.807) is 19.2 Å². The second-order valence-electron chi connectivity index (χ2n) is 4.66. The third-order valence-corrected chi connectivity index (χ3v) is 4.31. The fourth-order valence-electron chi connectivity index (χ4n) is 2.02. The number of carbonyl (C=O) groups is 2. The molecule has 0 spiro atoms. The van der Waals surface area contributed by atoms with Gasteiger partial charge in [-0.2, -0.15) is 0 Å². The summed E-state index contributed by atoms with van der Waals surface area (Å²) < 4.78 is 5.30. The fourth-order valence-corrected chi connectivity index (χ4v) is 2.82. The lowest BCUT2D eigenvalue weighted by molar-refractivity contribution is 0.0943. The Kier molecular flexibility index (Phi) is 4.75. The molecule has 1 amide bonds. The van der Waals surface area contributed by atoms with Crippen LogP contribution in [0.15, 0.2) is 36.4 Å². The number of carbonyl (C=O) groups excluding carboxylic acids is 2. The Balaban J connectivity index is 2.13. The maximum Gasteiger partial charge on any atom is 0.261 e. The van der Waals surface area contributed by atoms with Crippen molar-refractivity contribution in [3.8, 4) is 5.75 Å². The smallest absolute Gasteiger partial charge is 0.261 e. The third kappa shape index (κ3) is 3.49. The highest BCUT2D eigenvalue weighted by Crippen LogP contribution is 2.25. The van der Waals surface area contributed by atoms with Gasteiger partial charge in [0, 0.05) is 5.56 Å². The van der Waals surface area contributed by atoms with E-state index in [1.165, 1.54) is 18.3 Å². The summed E-state index contributed by atoms with van der Waals surface area (Å²) in [6.45, 7) is 3.39. The summed E-state index contributed by atoms with van der Waals surface area (Å²) in [4.78, 5) is 24.6. The van der Waals surface area contributed by atoms with Crippen LogP contribution in [0.5, 0.6) is 5.75 Å². The van der Waals surface area contributed by atoms with Crippen molar-refractivity contribution in [1.82, 2.24) is 5.32 Å². The van der Waals surface area contributed by atoms with Crippen LogP contribution in [0.25, 0.3) is 0 Å². The lowest BCUT2D eigenvalue weighted by atomic mass is 10.1. The molecule has 1 N–H and O–H groups in total. The van der Waals surface area contributed by atoms with Crippen LogP contribution in [0.4, 0.5) is 0 Å². The molecule has 0 saturated carbocycles. The molecule has 0 aliphatic carbocycles. The van der Waals surface area contributed by atoms with E-state index in [0.717, 1.165) is 11.3 Å². The van der Waals surface area contributed by atoms with Gasteiger partial charge in [0.1, 0.15) is 5.75 Å². The molecule has 2 rings (SSSR count). The van der Waals surface area contributed by atoms with Gasteiger partial charge < -0.3 is 10.1 Å². The number of Topliss-reactive ketones (excluding diaryl/α,β-unsaturated/α-hetero) is 1. The number of thiophene rings is 1. The van der Waals surface area contributed by atoms with Gasteiger partial charge in [-0.1, -0.05) is 18.2 Å². The van der Waals surface area contributed by atoms with E-state index >= 15 is 0 Å². The number of hydrogen-bond acceptors (Lipinski definition) is 4. The molecule has 1 atom stereocenters. The molecular weight excluding hydrogens is 286 g/mol. The topological polar surface area (TPSA) is 55.4 Å². The highest BCUT2D eigenvalue weighted by Gasteiger charge is 2.16. The number of amides is 1. The van der Waals surface area contributed by atoms with Crippen LogP contribution in [0.3, 0.4) is 0 Å². The number of methoxy groups -OCH3 is 1. The Morgan fingerprint density at radius 1 is 1.14 bits per heavy atom. The number of hydrogen-bond donors (Lipinski definition) is 1. The largest absolute Gasteiger partial charge is 0.496 e. The van der Waals surface area contributed by atoms with E-state index in [4.69, 9.17) is 4.74 Å². The molecule has 0 saturated heterocycles. The van der Waals surface area contributed by atoms with Crippen molar-refractivity contribution in [2.24, 2.45) is 0 Å². The summed E-state index contributed by atoms with van der Waals surface area (Å²) in [6, 6.07) is 10.7. The second-order valence-corrected chi connectivity index (χ2v) is 5.74. The monoisotopic (exact) mass is 303 g/mol. The first kappa shape index (κ1) is 15.3. The molecular formula is C16H17NO3S. The van der Waals surface area contributed by atoms with E-state index in [0.29, 0.717) is 9.75 Å². The molecule has 0 aliphatic heterocycles. The quantitative estimate of drug-likeness (QED) is 0.861. The minimum absolute atomic E-state index is 0.0307. The molecule has 0 fully saturated rings. The second kappa shape index (κ2) is 6.54. The molecule has 0 radical (unpaired) electrons. The van der Waals surface area contributed by atoms with Gasteiger partial charge in [-0.05, 0) is 32.0 Å². The maximum atomic E-state index is 12.2. The summed E-state index contributed by atoms with van der Waals surface area (Å²) in [6.07, 6.45) is 0. The fraction of sp³-hybridized carbons (Fsp3) is 0.250. The average molecular weight is 303 g/mol. The molecule has 2 aromatic rings. The number of ether oxygens (including phenoxy) is 1. The Labute approximate surface area is 127 Å². The van der Waals surface area contributed by atoms with Crippen molar-refractivity contribution in [1.29, 1.82) is 0 Å². The number of ketones is 1. The molecule has 110 valence electrons. The number of benzene rings is 1. The first-order valence-electron chi connectivity index (χ1n) is 6.57. The van der Waals surface area contributed by atoms with Crippen LogP contribution in [0.1, 0.15) is 44.8 Å². The minimum Gasteiger partial charge on any atom is -0.496 e. The predicted octanol–water partition coefficient (Wildman–Crippen LogP) is 3.45. The van der Waals surface area contributed by atoms with Gasteiger partial charge in [0.15, 0.2) is 5.78 Å². The average Bonchev–Trinajstić information content (AvgIpc) is 2.97. The van der Waals surface area contributed by atoms with Gasteiger partial charge in [-0.25, -0.2) is 0 Å². The Hall–Kier alpha value is -2.14. The van der Waals surface area contributed by atoms with Gasteiger partial charge in [0.25, 0.3) is 5.91 Å². The van der Waals surface area contributed by atoms with Crippen molar-refractivity contribution in [2.75, 3.05) is 7.11 Å². The zero-order valence-corrected chi connectivity index (χ0v) is 13.0. The van der Waals surface area contributed by atoms with Crippen LogP contribution >= 0.6 is 11.3 Å². The van der Waals surface area contributed by atoms with E-state index in [1.807, 2.05) is 31.2 Å². The molecule has 1 heterocycles. The third-order valence-electron chi connectivity index (χ3n) is 3.13. The Morgan fingerprint density at radius 2 is 1.81 bits per heavy atom. The summed E-state index contributed by atoms with van der Waals surface area (Å²) in [5, 5.41) is 2.92. The van der Waals surface area contributed by atoms with Gasteiger partial charge in [-0.15, -0.1) is 11.3 Å². The minimum atomic E-state index is -0.189. The molecule has 5 heteroatoms. The highest BCUT2D eigenvalue weighted by molar-refractivity contribution is 7.15. The van der Waals surface area contributed by atoms with Gasteiger partial charge in [0.2, 0.25) is 0 Å². The number of nitrogens with one attached hydrogen (secondary N) is 1. The summed E-state index contributed by atoms with van der Waals surface area (Å²) >= 11 is 1.20. The van der Waals surface area contributed by atoms with Gasteiger partial charge in [-0.3, -0.25) is 9.59 Å². The Morgan fingerprint density at radius 3 is 2.43 bits per heavy atom. The van der Waals surface area contributed by atoms with E-state index < -0.39 is 0 Å². The molecule has 0 unspecified atom stereocenters. The molecule has 1 aromatic carbocycles. The van der Waals surface area contributed by atoms with Crippen LogP contribution in [-0.4, -0.2) is 18.8 Å². The van der Waals surface area contributed by atoms with Crippen molar-refractivity contribution in [3.63, 3.8) is 0 Å². The van der Waals surface area contributed by atoms with Crippen LogP contribution in [0.2, 0.25) is 0 Å². The molecule has 4 nitrogen and oxygen atoms in total. The van der Waals surface area contributed by atoms with Gasteiger partial charge in [0.05, 0.1) is 22.9 Å². The van der Waals surface area contributed by atoms with E-state index in [9.17, 15) is 9.59 Å². The molecule has 0 bridgehead atoms. The predicted molar refractivity (Wildman–Crippen MR) is 83.2 cm³/mol. The SMILES string of the molecule is COc1ccccc1[C@@H](C)NC(=O)c1ccc(C(C)=O)s1. The summed E-state index contributed by atoms with van der Waals surface area (Å²) in [7, 11) is 1.60. The molecule has 21 heavy (non-hydrogen) atoms. The number of para-hydroxylation sites is 1. The van der Waals surface area contributed by atoms with Crippen molar-refractivity contribution >= 4 is 23.0 Å². The van der Waals surface area contributed by atoms with E-state index in [2.05, 4.69) is 5.32 Å². The number of rotatable bonds is 5. The lowest BCUT2D eigenvalue weighted by Gasteiger charge is -2.16. The van der Waals surface area contributed by atoms with Crippen LogP contribution < -0.4 is 10.1 Å². The highest BCUT2D eigenvalue weighted by atomic mass is 32.1. The maximum absolute atomic E-state index is 12.2. The van der Waals surface area contributed by atoms with Crippen molar-refractivity contribution in [3.05, 3.63) is 51.7 Å². The summed E-state index contributed by atoms with van der Waals surface area (Å²) in [5.74, 6) is 0.517. The normalized spacial score (nSPS) is 11.8.